The summed E-state index contributed by atoms with van der Waals surface area (Å²) in [7, 11) is 0. The first-order valence-corrected chi connectivity index (χ1v) is 13.9. The zero-order valence-corrected chi connectivity index (χ0v) is 23.6. The van der Waals surface area contributed by atoms with Gasteiger partial charge in [-0.1, -0.05) is 50.1 Å². The number of hydrogen-bond acceptors (Lipinski definition) is 4. The van der Waals surface area contributed by atoms with Gasteiger partial charge in [0.1, 0.15) is 12.4 Å². The Bertz CT molecular complexity index is 1440. The lowest BCUT2D eigenvalue weighted by molar-refractivity contribution is -0.140. The second kappa shape index (κ2) is 9.40. The van der Waals surface area contributed by atoms with E-state index in [0.29, 0.717) is 6.61 Å². The predicted octanol–water partition coefficient (Wildman–Crippen LogP) is 6.34. The van der Waals surface area contributed by atoms with Crippen LogP contribution in [-0.2, 0) is 16.2 Å². The van der Waals surface area contributed by atoms with Crippen molar-refractivity contribution in [3.63, 3.8) is 0 Å². The van der Waals surface area contributed by atoms with Crippen molar-refractivity contribution in [1.29, 1.82) is 0 Å². The highest BCUT2D eigenvalue weighted by Crippen LogP contribution is 2.52. The number of halogens is 2. The van der Waals surface area contributed by atoms with Crippen LogP contribution in [-0.4, -0.2) is 27.6 Å². The van der Waals surface area contributed by atoms with E-state index in [2.05, 4.69) is 53.7 Å². The van der Waals surface area contributed by atoms with Crippen molar-refractivity contribution in [3.05, 3.63) is 92.1 Å². The van der Waals surface area contributed by atoms with Gasteiger partial charge in [0.25, 0.3) is 11.8 Å². The molecule has 37 heavy (non-hydrogen) atoms. The van der Waals surface area contributed by atoms with Gasteiger partial charge in [-0.3, -0.25) is 9.59 Å². The van der Waals surface area contributed by atoms with Crippen molar-refractivity contribution < 1.29 is 14.3 Å². The van der Waals surface area contributed by atoms with E-state index in [1.807, 2.05) is 62.4 Å². The molecule has 0 unspecified atom stereocenters. The van der Waals surface area contributed by atoms with Gasteiger partial charge in [0, 0.05) is 37.1 Å². The van der Waals surface area contributed by atoms with Gasteiger partial charge in [0.2, 0.25) is 0 Å². The van der Waals surface area contributed by atoms with Crippen LogP contribution in [0.3, 0.4) is 0 Å². The van der Waals surface area contributed by atoms with E-state index in [1.54, 1.807) is 6.21 Å². The van der Waals surface area contributed by atoms with Crippen LogP contribution in [0.2, 0.25) is 0 Å². The van der Waals surface area contributed by atoms with Gasteiger partial charge >= 0.3 is 0 Å². The monoisotopic (exact) mass is 621 g/mol. The lowest BCUT2D eigenvalue weighted by Gasteiger charge is -2.13. The van der Waals surface area contributed by atoms with Gasteiger partial charge in [-0.2, -0.15) is 10.1 Å². The average Bonchev–Trinajstić information content (AvgIpc) is 3.62. The first-order chi connectivity index (χ1) is 17.8. The number of ether oxygens (including phenoxy) is 1. The highest BCUT2D eigenvalue weighted by Gasteiger charge is 2.59. The van der Waals surface area contributed by atoms with E-state index in [4.69, 9.17) is 4.74 Å². The van der Waals surface area contributed by atoms with Gasteiger partial charge in [-0.25, -0.2) is 0 Å². The van der Waals surface area contributed by atoms with Crippen molar-refractivity contribution in [1.82, 2.24) is 9.58 Å². The maximum Gasteiger partial charge on any atom is 0.254 e. The van der Waals surface area contributed by atoms with Crippen molar-refractivity contribution in [2.75, 3.05) is 0 Å². The van der Waals surface area contributed by atoms with Crippen molar-refractivity contribution in [2.24, 2.45) is 28.8 Å². The number of hydrazone groups is 1. The maximum atomic E-state index is 12.9. The summed E-state index contributed by atoms with van der Waals surface area (Å²) in [5.41, 5.74) is 4.95. The Morgan fingerprint density at radius 2 is 1.65 bits per heavy atom. The molecule has 2 heterocycles. The minimum Gasteiger partial charge on any atom is -0.489 e. The summed E-state index contributed by atoms with van der Waals surface area (Å²) in [4.78, 5) is 25.9. The molecule has 1 aliphatic heterocycles. The standard InChI is InChI=1S/C29H25Br2N3O3/c1-16-11-21(14-32-34-28(35)26-18-3-4-19(12-18)27(26)29(34)36)17(2)33(16)23-7-9-24(10-8-23)37-15-20-5-6-22(30)13-25(20)31/h3-11,13-14,18-19,26-27H,12,15H2,1-2H3/t18-,19-,26-,27+/m0/s1. The number of imide groups is 1. The summed E-state index contributed by atoms with van der Waals surface area (Å²) in [5.74, 6) is 0.337. The number of fused-ring (bicyclic) bond motifs is 5. The summed E-state index contributed by atoms with van der Waals surface area (Å²) in [5, 5.41) is 5.47. The maximum absolute atomic E-state index is 12.9. The molecule has 4 atom stereocenters. The van der Waals surface area contributed by atoms with E-state index in [9.17, 15) is 9.59 Å². The number of carbonyl (C=O) groups excluding carboxylic acids is 2. The van der Waals surface area contributed by atoms with Crippen LogP contribution in [0.1, 0.15) is 28.9 Å². The molecule has 2 amide bonds. The Morgan fingerprint density at radius 3 is 2.30 bits per heavy atom. The molecule has 1 saturated heterocycles. The Kier molecular flexibility index (Phi) is 6.19. The number of carbonyl (C=O) groups is 2. The van der Waals surface area contributed by atoms with E-state index in [0.717, 1.165) is 54.3 Å². The van der Waals surface area contributed by atoms with E-state index < -0.39 is 0 Å². The number of nitrogens with zero attached hydrogens (tertiary/aromatic N) is 3. The lowest BCUT2D eigenvalue weighted by atomic mass is 9.85. The number of aryl methyl sites for hydroxylation is 1. The smallest absolute Gasteiger partial charge is 0.254 e. The van der Waals surface area contributed by atoms with Gasteiger partial charge in [0.05, 0.1) is 18.1 Å². The Hall–Kier alpha value is -2.97. The Labute approximate surface area is 232 Å². The molecule has 188 valence electrons. The number of hydrogen-bond donors (Lipinski definition) is 0. The third kappa shape index (κ3) is 4.20. The topological polar surface area (TPSA) is 63.9 Å². The number of aromatic nitrogens is 1. The third-order valence-electron chi connectivity index (χ3n) is 7.73. The second-order valence-electron chi connectivity index (χ2n) is 9.91. The molecule has 6 nitrogen and oxygen atoms in total. The zero-order valence-electron chi connectivity index (χ0n) is 20.4. The van der Waals surface area contributed by atoms with Crippen LogP contribution in [0, 0.1) is 37.5 Å². The van der Waals surface area contributed by atoms with E-state index >= 15 is 0 Å². The summed E-state index contributed by atoms with van der Waals surface area (Å²) in [6.07, 6.45) is 6.73. The fraction of sp³-hybridized carbons (Fsp3) is 0.276. The summed E-state index contributed by atoms with van der Waals surface area (Å²) < 4.78 is 10.1. The molecule has 2 aliphatic carbocycles. The van der Waals surface area contributed by atoms with Gasteiger partial charge in [-0.05, 0) is 74.6 Å². The zero-order chi connectivity index (χ0) is 25.8. The summed E-state index contributed by atoms with van der Waals surface area (Å²) in [6.45, 7) is 4.50. The number of amides is 2. The van der Waals surface area contributed by atoms with E-state index in [1.165, 1.54) is 0 Å². The molecule has 2 fully saturated rings. The number of allylic oxidation sites excluding steroid dienone is 2. The Morgan fingerprint density at radius 1 is 0.973 bits per heavy atom. The quantitative estimate of drug-likeness (QED) is 0.183. The molecular weight excluding hydrogens is 598 g/mol. The lowest BCUT2D eigenvalue weighted by Crippen LogP contribution is -2.28. The van der Waals surface area contributed by atoms with Crippen LogP contribution in [0.25, 0.3) is 5.69 Å². The number of rotatable bonds is 6. The van der Waals surface area contributed by atoms with Gasteiger partial charge < -0.3 is 9.30 Å². The van der Waals surface area contributed by atoms with Crippen LogP contribution in [0.5, 0.6) is 5.75 Å². The number of benzene rings is 2. The van der Waals surface area contributed by atoms with Crippen LogP contribution in [0.15, 0.2) is 74.7 Å². The van der Waals surface area contributed by atoms with Crippen LogP contribution in [0.4, 0.5) is 0 Å². The highest BCUT2D eigenvalue weighted by atomic mass is 79.9. The molecule has 1 saturated carbocycles. The fourth-order valence-electron chi connectivity index (χ4n) is 5.93. The largest absolute Gasteiger partial charge is 0.489 e. The normalized spacial score (nSPS) is 24.1. The molecule has 0 N–H and O–H groups in total. The molecule has 2 bridgehead atoms. The van der Waals surface area contributed by atoms with Crippen molar-refractivity contribution in [3.8, 4) is 11.4 Å². The van der Waals surface area contributed by atoms with Crippen LogP contribution >= 0.6 is 31.9 Å². The summed E-state index contributed by atoms with van der Waals surface area (Å²) in [6, 6.07) is 16.0. The molecule has 8 heteroatoms. The first-order valence-electron chi connectivity index (χ1n) is 12.3. The molecule has 1 aromatic heterocycles. The average molecular weight is 623 g/mol. The van der Waals surface area contributed by atoms with E-state index in [-0.39, 0.29) is 35.5 Å². The van der Waals surface area contributed by atoms with Crippen LogP contribution < -0.4 is 4.74 Å². The molecular formula is C29H25Br2N3O3. The highest BCUT2D eigenvalue weighted by molar-refractivity contribution is 9.11. The molecule has 3 aliphatic rings. The fourth-order valence-corrected chi connectivity index (χ4v) is 7.09. The predicted molar refractivity (Wildman–Crippen MR) is 149 cm³/mol. The van der Waals surface area contributed by atoms with Crippen molar-refractivity contribution in [2.45, 2.75) is 26.9 Å². The Balaban J connectivity index is 1.17. The third-order valence-corrected chi connectivity index (χ3v) is 8.97. The minimum atomic E-state index is -0.238. The van der Waals surface area contributed by atoms with Gasteiger partial charge in [0.15, 0.2) is 0 Å². The molecule has 2 aromatic carbocycles. The minimum absolute atomic E-state index is 0.164. The second-order valence-corrected chi connectivity index (χ2v) is 11.7. The molecule has 6 rings (SSSR count). The summed E-state index contributed by atoms with van der Waals surface area (Å²) >= 11 is 7.04. The molecule has 3 aromatic rings. The SMILES string of the molecule is Cc1cc(C=NN2C(=O)[C@@H]3[C@H](C2=O)[C@H]2C=C[C@H]3C2)c(C)n1-c1ccc(OCc2ccc(Br)cc2Br)cc1. The van der Waals surface area contributed by atoms with Crippen molar-refractivity contribution >= 4 is 49.9 Å². The molecule has 0 radical (unpaired) electrons. The van der Waals surface area contributed by atoms with Gasteiger partial charge in [-0.15, -0.1) is 0 Å². The molecule has 0 spiro atoms. The first kappa shape index (κ1) is 24.4.